The van der Waals surface area contributed by atoms with Crippen LogP contribution in [0.15, 0.2) is 53.4 Å². The molecule has 2 rings (SSSR count). The largest absolute Gasteiger partial charge is 0.321 e. The van der Waals surface area contributed by atoms with E-state index in [-0.39, 0.29) is 5.91 Å². The summed E-state index contributed by atoms with van der Waals surface area (Å²) in [7, 11) is 0. The molecule has 1 amide bonds. The van der Waals surface area contributed by atoms with Crippen LogP contribution in [0.4, 0.5) is 5.69 Å². The average Bonchev–Trinajstić information content (AvgIpc) is 2.47. The summed E-state index contributed by atoms with van der Waals surface area (Å²) in [6.07, 6.45) is 0. The number of amides is 1. The van der Waals surface area contributed by atoms with Gasteiger partial charge in [0.1, 0.15) is 6.07 Å². The molecule has 0 atom stereocenters. The molecule has 21 heavy (non-hydrogen) atoms. The highest BCUT2D eigenvalue weighted by Crippen LogP contribution is 2.24. The fraction of sp³-hybridized carbons (Fsp3) is 0.176. The quantitative estimate of drug-likeness (QED) is 0.855. The van der Waals surface area contributed by atoms with Crippen LogP contribution in [-0.4, -0.2) is 11.2 Å². The lowest BCUT2D eigenvalue weighted by Crippen LogP contribution is -2.12. The molecule has 2 aromatic rings. The van der Waals surface area contributed by atoms with E-state index in [4.69, 9.17) is 5.26 Å². The van der Waals surface area contributed by atoms with Gasteiger partial charge in [-0.2, -0.15) is 5.26 Å². The van der Waals surface area contributed by atoms with Gasteiger partial charge in [0.15, 0.2) is 0 Å². The third-order valence-corrected chi connectivity index (χ3v) is 3.76. The molecule has 0 saturated heterocycles. The molecule has 0 aliphatic rings. The molecule has 0 saturated carbocycles. The summed E-state index contributed by atoms with van der Waals surface area (Å²) in [4.78, 5) is 13.4. The summed E-state index contributed by atoms with van der Waals surface area (Å²) in [5.74, 6) is -0.205. The van der Waals surface area contributed by atoms with E-state index >= 15 is 0 Å². The van der Waals surface area contributed by atoms with Crippen LogP contribution in [0.2, 0.25) is 0 Å². The second-order valence-electron chi connectivity index (χ2n) is 4.81. The minimum Gasteiger partial charge on any atom is -0.321 e. The van der Waals surface area contributed by atoms with Crippen molar-refractivity contribution in [3.05, 3.63) is 59.7 Å². The van der Waals surface area contributed by atoms with E-state index in [1.54, 1.807) is 42.1 Å². The smallest absolute Gasteiger partial charge is 0.255 e. The first kappa shape index (κ1) is 15.1. The highest BCUT2D eigenvalue weighted by molar-refractivity contribution is 7.99. The number of rotatable bonds is 4. The fourth-order valence-electron chi connectivity index (χ4n) is 1.87. The van der Waals surface area contributed by atoms with E-state index in [0.29, 0.717) is 22.1 Å². The highest BCUT2D eigenvalue weighted by atomic mass is 32.2. The van der Waals surface area contributed by atoms with E-state index < -0.39 is 0 Å². The van der Waals surface area contributed by atoms with Gasteiger partial charge in [-0.15, -0.1) is 11.8 Å². The molecule has 0 heterocycles. The predicted octanol–water partition coefficient (Wildman–Crippen LogP) is 4.31. The number of hydrogen-bond donors (Lipinski definition) is 1. The topological polar surface area (TPSA) is 52.9 Å². The SMILES string of the molecule is CC(C)Sc1cccc(C(=O)Nc2ccccc2C#N)c1. The number of para-hydroxylation sites is 1. The minimum absolute atomic E-state index is 0.205. The Balaban J connectivity index is 2.19. The molecular formula is C17H16N2OS. The molecule has 0 unspecified atom stereocenters. The van der Waals surface area contributed by atoms with Crippen LogP contribution in [0.25, 0.3) is 0 Å². The van der Waals surface area contributed by atoms with E-state index in [1.165, 1.54) is 0 Å². The minimum atomic E-state index is -0.205. The highest BCUT2D eigenvalue weighted by Gasteiger charge is 2.10. The van der Waals surface area contributed by atoms with Crippen molar-refractivity contribution in [1.29, 1.82) is 5.26 Å². The second-order valence-corrected chi connectivity index (χ2v) is 6.46. The van der Waals surface area contributed by atoms with Crippen molar-refractivity contribution < 1.29 is 4.79 Å². The van der Waals surface area contributed by atoms with Crippen molar-refractivity contribution in [2.45, 2.75) is 24.0 Å². The van der Waals surface area contributed by atoms with Crippen LogP contribution < -0.4 is 5.32 Å². The van der Waals surface area contributed by atoms with Gasteiger partial charge < -0.3 is 5.32 Å². The molecule has 4 heteroatoms. The predicted molar refractivity (Wildman–Crippen MR) is 86.5 cm³/mol. The third kappa shape index (κ3) is 4.11. The Morgan fingerprint density at radius 1 is 1.19 bits per heavy atom. The van der Waals surface area contributed by atoms with E-state index in [2.05, 4.69) is 25.2 Å². The van der Waals surface area contributed by atoms with Crippen LogP contribution >= 0.6 is 11.8 Å². The maximum absolute atomic E-state index is 12.3. The number of carbonyl (C=O) groups is 1. The van der Waals surface area contributed by atoms with Gasteiger partial charge in [0.25, 0.3) is 5.91 Å². The maximum Gasteiger partial charge on any atom is 0.255 e. The second kappa shape index (κ2) is 6.96. The zero-order valence-electron chi connectivity index (χ0n) is 12.0. The summed E-state index contributed by atoms with van der Waals surface area (Å²) in [5, 5.41) is 12.3. The van der Waals surface area contributed by atoms with Gasteiger partial charge in [0.2, 0.25) is 0 Å². The number of nitriles is 1. The third-order valence-electron chi connectivity index (χ3n) is 2.76. The lowest BCUT2D eigenvalue weighted by atomic mass is 10.1. The van der Waals surface area contributed by atoms with Crippen molar-refractivity contribution in [2.75, 3.05) is 5.32 Å². The van der Waals surface area contributed by atoms with E-state index in [9.17, 15) is 4.79 Å². The number of hydrogen-bond acceptors (Lipinski definition) is 3. The van der Waals surface area contributed by atoms with Gasteiger partial charge in [-0.05, 0) is 30.3 Å². The van der Waals surface area contributed by atoms with E-state index in [0.717, 1.165) is 4.90 Å². The number of anilines is 1. The Kier molecular flexibility index (Phi) is 5.02. The summed E-state index contributed by atoms with van der Waals surface area (Å²) in [6.45, 7) is 4.22. The Labute approximate surface area is 129 Å². The number of nitrogens with zero attached hydrogens (tertiary/aromatic N) is 1. The van der Waals surface area contributed by atoms with Crippen molar-refractivity contribution in [2.24, 2.45) is 0 Å². The molecule has 0 aliphatic heterocycles. The van der Waals surface area contributed by atoms with Gasteiger partial charge in [-0.1, -0.05) is 32.0 Å². The van der Waals surface area contributed by atoms with Crippen LogP contribution in [0.3, 0.4) is 0 Å². The van der Waals surface area contributed by atoms with Gasteiger partial charge in [-0.25, -0.2) is 0 Å². The first-order valence-corrected chi connectivity index (χ1v) is 7.55. The van der Waals surface area contributed by atoms with Gasteiger partial charge in [-0.3, -0.25) is 4.79 Å². The maximum atomic E-state index is 12.3. The number of carbonyl (C=O) groups excluding carboxylic acids is 1. The first-order valence-electron chi connectivity index (χ1n) is 6.67. The molecule has 0 fully saturated rings. The summed E-state index contributed by atoms with van der Waals surface area (Å²) in [6, 6.07) is 16.5. The van der Waals surface area contributed by atoms with Crippen LogP contribution in [-0.2, 0) is 0 Å². The lowest BCUT2D eigenvalue weighted by Gasteiger charge is -2.09. The van der Waals surface area contributed by atoms with Crippen molar-refractivity contribution in [1.82, 2.24) is 0 Å². The van der Waals surface area contributed by atoms with Crippen LogP contribution in [0.5, 0.6) is 0 Å². The van der Waals surface area contributed by atoms with Crippen molar-refractivity contribution >= 4 is 23.4 Å². The van der Waals surface area contributed by atoms with Crippen LogP contribution in [0, 0.1) is 11.3 Å². The van der Waals surface area contributed by atoms with Gasteiger partial charge >= 0.3 is 0 Å². The standard InChI is InChI=1S/C17H16N2OS/c1-12(2)21-15-8-5-7-13(10-15)17(20)19-16-9-4-3-6-14(16)11-18/h3-10,12H,1-2H3,(H,19,20). The number of thioether (sulfide) groups is 1. The molecule has 3 nitrogen and oxygen atoms in total. The average molecular weight is 296 g/mol. The molecule has 1 N–H and O–H groups in total. The Morgan fingerprint density at radius 3 is 2.67 bits per heavy atom. The Bertz CT molecular complexity index is 689. The molecule has 0 aromatic heterocycles. The first-order chi connectivity index (χ1) is 10.1. The van der Waals surface area contributed by atoms with Gasteiger partial charge in [0, 0.05) is 15.7 Å². The monoisotopic (exact) mass is 296 g/mol. The number of nitrogens with one attached hydrogen (secondary N) is 1. The number of benzene rings is 2. The van der Waals surface area contributed by atoms with E-state index in [1.807, 2.05) is 18.2 Å². The summed E-state index contributed by atoms with van der Waals surface area (Å²) in [5.41, 5.74) is 1.58. The fourth-order valence-corrected chi connectivity index (χ4v) is 2.76. The Hall–Kier alpha value is -2.25. The van der Waals surface area contributed by atoms with Crippen molar-refractivity contribution in [3.8, 4) is 6.07 Å². The molecule has 0 radical (unpaired) electrons. The molecule has 106 valence electrons. The lowest BCUT2D eigenvalue weighted by molar-refractivity contribution is 0.102. The summed E-state index contributed by atoms with van der Waals surface area (Å²) >= 11 is 1.71. The Morgan fingerprint density at radius 2 is 1.95 bits per heavy atom. The molecule has 2 aromatic carbocycles. The van der Waals surface area contributed by atoms with Gasteiger partial charge in [0.05, 0.1) is 11.3 Å². The zero-order valence-corrected chi connectivity index (χ0v) is 12.8. The molecule has 0 aliphatic carbocycles. The molecule has 0 bridgehead atoms. The normalized spacial score (nSPS) is 10.2. The van der Waals surface area contributed by atoms with Crippen molar-refractivity contribution in [3.63, 3.8) is 0 Å². The molecular weight excluding hydrogens is 280 g/mol. The van der Waals surface area contributed by atoms with Crippen LogP contribution in [0.1, 0.15) is 29.8 Å². The molecule has 0 spiro atoms. The summed E-state index contributed by atoms with van der Waals surface area (Å²) < 4.78 is 0. The zero-order chi connectivity index (χ0) is 15.2.